The number of rotatable bonds is 0. The third kappa shape index (κ3) is 0.778. The van der Waals surface area contributed by atoms with Gasteiger partial charge in [-0.05, 0) is 12.3 Å². The summed E-state index contributed by atoms with van der Waals surface area (Å²) in [5.41, 5.74) is 0. The topological polar surface area (TPSA) is 0 Å². The molecule has 0 spiro atoms. The minimum atomic E-state index is 1.02. The van der Waals surface area contributed by atoms with Crippen LogP contribution in [0.3, 0.4) is 0 Å². The molecule has 0 heterocycles. The van der Waals surface area contributed by atoms with E-state index in [2.05, 4.69) is 29.5 Å². The van der Waals surface area contributed by atoms with Crippen molar-refractivity contribution in [3.8, 4) is 0 Å². The minimum Gasteiger partial charge on any atom is -0.0823 e. The van der Waals surface area contributed by atoms with Crippen molar-refractivity contribution in [1.29, 1.82) is 0 Å². The molecule has 0 nitrogen and oxygen atoms in total. The Labute approximate surface area is 46.1 Å². The Kier molecular flexibility index (Phi) is 0.860. The van der Waals surface area contributed by atoms with Crippen LogP contribution < -0.4 is 0 Å². The number of alkyl halides is 1. The summed E-state index contributed by atoms with van der Waals surface area (Å²) in [5.74, 6) is 1.04. The van der Waals surface area contributed by atoms with Crippen molar-refractivity contribution in [2.45, 2.75) is 17.3 Å². The zero-order valence-electron chi connectivity index (χ0n) is 3.24. The maximum absolute atomic E-state index is 2.48. The van der Waals surface area contributed by atoms with Crippen molar-refractivity contribution in [2.75, 3.05) is 0 Å². The molecule has 1 saturated carbocycles. The smallest absolute Gasteiger partial charge is 0.0138 e. The van der Waals surface area contributed by atoms with Crippen LogP contribution in [0.4, 0.5) is 0 Å². The quantitative estimate of drug-likeness (QED) is 0.396. The molecule has 1 aliphatic carbocycles. The van der Waals surface area contributed by atoms with E-state index in [0.717, 1.165) is 9.84 Å². The molecule has 0 aromatic carbocycles. The average Bonchev–Trinajstić information content (AvgIpc) is 1.79. The highest BCUT2D eigenvalue weighted by Crippen LogP contribution is 2.36. The van der Waals surface area contributed by atoms with E-state index in [1.807, 2.05) is 0 Å². The molecular formula is C4H7I. The third-order valence-electron chi connectivity index (χ3n) is 1.01. The standard InChI is InChI=1S/C4H7I/c1-3-2-4(3)5/h3-4H,2H2,1H3/t3-,4?/m0/s1. The Bertz CT molecular complexity index is 36.9. The molecule has 30 valence electrons. The first-order chi connectivity index (χ1) is 2.30. The van der Waals surface area contributed by atoms with Crippen molar-refractivity contribution in [1.82, 2.24) is 0 Å². The van der Waals surface area contributed by atoms with E-state index in [4.69, 9.17) is 0 Å². The molecule has 1 heteroatoms. The summed E-state index contributed by atoms with van der Waals surface area (Å²) < 4.78 is 1.02. The van der Waals surface area contributed by atoms with Gasteiger partial charge < -0.3 is 0 Å². The van der Waals surface area contributed by atoms with Gasteiger partial charge in [0, 0.05) is 3.92 Å². The first-order valence-corrected chi connectivity index (χ1v) is 3.19. The maximum atomic E-state index is 2.48. The first-order valence-electron chi connectivity index (χ1n) is 1.95. The van der Waals surface area contributed by atoms with Crippen LogP contribution >= 0.6 is 22.6 Å². The summed E-state index contributed by atoms with van der Waals surface area (Å²) in [6.45, 7) is 2.29. The normalized spacial score (nSPS) is 49.2. The second-order valence-corrected chi connectivity index (χ2v) is 3.33. The fourth-order valence-corrected chi connectivity index (χ4v) is 1.08. The van der Waals surface area contributed by atoms with Crippen LogP contribution in [0.5, 0.6) is 0 Å². The summed E-state index contributed by atoms with van der Waals surface area (Å²) in [5, 5.41) is 0. The molecule has 0 N–H and O–H groups in total. The van der Waals surface area contributed by atoms with E-state index in [1.54, 1.807) is 0 Å². The molecular weight excluding hydrogens is 175 g/mol. The fraction of sp³-hybridized carbons (Fsp3) is 1.00. The molecule has 2 atom stereocenters. The van der Waals surface area contributed by atoms with Gasteiger partial charge in [0.2, 0.25) is 0 Å². The van der Waals surface area contributed by atoms with Gasteiger partial charge in [-0.1, -0.05) is 29.5 Å². The van der Waals surface area contributed by atoms with Crippen LogP contribution in [0, 0.1) is 5.92 Å². The van der Waals surface area contributed by atoms with Crippen LogP contribution in [0.1, 0.15) is 13.3 Å². The summed E-state index contributed by atoms with van der Waals surface area (Å²) >= 11 is 2.48. The van der Waals surface area contributed by atoms with Crippen molar-refractivity contribution in [3.05, 3.63) is 0 Å². The lowest BCUT2D eigenvalue weighted by Gasteiger charge is -1.64. The molecule has 5 heavy (non-hydrogen) atoms. The maximum Gasteiger partial charge on any atom is 0.0138 e. The van der Waals surface area contributed by atoms with Gasteiger partial charge >= 0.3 is 0 Å². The van der Waals surface area contributed by atoms with Gasteiger partial charge in [-0.3, -0.25) is 0 Å². The highest BCUT2D eigenvalue weighted by Gasteiger charge is 2.28. The zero-order valence-corrected chi connectivity index (χ0v) is 5.40. The fourth-order valence-electron chi connectivity index (χ4n) is 0.277. The molecule has 0 saturated heterocycles. The Balaban J connectivity index is 2.20. The van der Waals surface area contributed by atoms with Gasteiger partial charge in [0.15, 0.2) is 0 Å². The Morgan fingerprint density at radius 1 is 1.80 bits per heavy atom. The lowest BCUT2D eigenvalue weighted by atomic mass is 10.5. The molecule has 0 aliphatic heterocycles. The van der Waals surface area contributed by atoms with Gasteiger partial charge in [0.05, 0.1) is 0 Å². The molecule has 1 rings (SSSR count). The van der Waals surface area contributed by atoms with Gasteiger partial charge in [-0.25, -0.2) is 0 Å². The molecule has 0 radical (unpaired) electrons. The third-order valence-corrected chi connectivity index (χ3v) is 2.75. The molecule has 0 bridgehead atoms. The second-order valence-electron chi connectivity index (χ2n) is 1.73. The SMILES string of the molecule is C[C@H]1CC1I. The van der Waals surface area contributed by atoms with Crippen LogP contribution in [0.15, 0.2) is 0 Å². The van der Waals surface area contributed by atoms with E-state index in [1.165, 1.54) is 6.42 Å². The largest absolute Gasteiger partial charge is 0.0823 e. The average molecular weight is 182 g/mol. The lowest BCUT2D eigenvalue weighted by molar-refractivity contribution is 0.994. The molecule has 1 aliphatic rings. The van der Waals surface area contributed by atoms with Gasteiger partial charge in [0.1, 0.15) is 0 Å². The monoisotopic (exact) mass is 182 g/mol. The Morgan fingerprint density at radius 2 is 2.00 bits per heavy atom. The first kappa shape index (κ1) is 3.90. The van der Waals surface area contributed by atoms with E-state index >= 15 is 0 Å². The van der Waals surface area contributed by atoms with Crippen LogP contribution in [0.25, 0.3) is 0 Å². The number of hydrogen-bond donors (Lipinski definition) is 0. The summed E-state index contributed by atoms with van der Waals surface area (Å²) in [6.07, 6.45) is 1.46. The van der Waals surface area contributed by atoms with Crippen molar-refractivity contribution in [2.24, 2.45) is 5.92 Å². The Morgan fingerprint density at radius 3 is 2.00 bits per heavy atom. The summed E-state index contributed by atoms with van der Waals surface area (Å²) in [6, 6.07) is 0. The van der Waals surface area contributed by atoms with Gasteiger partial charge in [-0.2, -0.15) is 0 Å². The van der Waals surface area contributed by atoms with Gasteiger partial charge in [0.25, 0.3) is 0 Å². The van der Waals surface area contributed by atoms with E-state index in [0.29, 0.717) is 0 Å². The van der Waals surface area contributed by atoms with Crippen LogP contribution in [-0.4, -0.2) is 3.92 Å². The molecule has 0 aromatic heterocycles. The number of halogens is 1. The lowest BCUT2D eigenvalue weighted by Crippen LogP contribution is -1.59. The highest BCUT2D eigenvalue weighted by molar-refractivity contribution is 14.1. The predicted molar refractivity (Wildman–Crippen MR) is 31.6 cm³/mol. The van der Waals surface area contributed by atoms with Crippen molar-refractivity contribution >= 4 is 22.6 Å². The Hall–Kier alpha value is 0.730. The zero-order chi connectivity index (χ0) is 3.86. The van der Waals surface area contributed by atoms with E-state index in [-0.39, 0.29) is 0 Å². The summed E-state index contributed by atoms with van der Waals surface area (Å²) in [4.78, 5) is 0. The van der Waals surface area contributed by atoms with Gasteiger partial charge in [-0.15, -0.1) is 0 Å². The molecule has 0 amide bonds. The number of hydrogen-bond acceptors (Lipinski definition) is 0. The molecule has 0 aromatic rings. The van der Waals surface area contributed by atoms with E-state index < -0.39 is 0 Å². The van der Waals surface area contributed by atoms with Crippen molar-refractivity contribution < 1.29 is 0 Å². The minimum absolute atomic E-state index is 1.02. The van der Waals surface area contributed by atoms with E-state index in [9.17, 15) is 0 Å². The predicted octanol–water partition coefficient (Wildman–Crippen LogP) is 1.83. The molecule has 1 fully saturated rings. The van der Waals surface area contributed by atoms with Crippen LogP contribution in [0.2, 0.25) is 0 Å². The highest BCUT2D eigenvalue weighted by atomic mass is 127. The van der Waals surface area contributed by atoms with Crippen molar-refractivity contribution in [3.63, 3.8) is 0 Å². The van der Waals surface area contributed by atoms with Crippen LogP contribution in [-0.2, 0) is 0 Å². The second kappa shape index (κ2) is 1.10. The summed E-state index contributed by atoms with van der Waals surface area (Å²) in [7, 11) is 0. The molecule has 1 unspecified atom stereocenters.